The van der Waals surface area contributed by atoms with Crippen molar-refractivity contribution in [3.63, 3.8) is 0 Å². The van der Waals surface area contributed by atoms with Crippen molar-refractivity contribution >= 4 is 0 Å². The normalized spacial score (nSPS) is 20.2. The van der Waals surface area contributed by atoms with Crippen LogP contribution in [0, 0.1) is 0 Å². The Morgan fingerprint density at radius 2 is 1.53 bits per heavy atom. The highest BCUT2D eigenvalue weighted by Crippen LogP contribution is 2.10. The van der Waals surface area contributed by atoms with Crippen LogP contribution in [0.5, 0.6) is 0 Å². The Balaban J connectivity index is 2.04. The van der Waals surface area contributed by atoms with Gasteiger partial charge in [-0.15, -0.1) is 0 Å². The molecule has 3 nitrogen and oxygen atoms in total. The average molecular weight is 214 g/mol. The second-order valence-electron chi connectivity index (χ2n) is 4.23. The van der Waals surface area contributed by atoms with Crippen LogP contribution in [-0.2, 0) is 4.74 Å². The first kappa shape index (κ1) is 12.9. The Morgan fingerprint density at radius 3 is 2.00 bits per heavy atom. The molecule has 0 aromatic carbocycles. The van der Waals surface area contributed by atoms with Crippen LogP contribution in [0.2, 0.25) is 0 Å². The maximum atomic E-state index is 5.26. The number of rotatable bonds is 9. The van der Waals surface area contributed by atoms with Crippen LogP contribution in [0.4, 0.5) is 0 Å². The quantitative estimate of drug-likeness (QED) is 0.541. The van der Waals surface area contributed by atoms with E-state index in [4.69, 9.17) is 4.74 Å². The Morgan fingerprint density at radius 1 is 1.00 bits per heavy atom. The standard InChI is InChI=1S/C12H26N2O/c1-4-13(5-2)8-7-9-14(6-3)10-12-11-15-12/h12H,4-11H2,1-3H3. The Bertz CT molecular complexity index is 156. The Hall–Kier alpha value is -0.120. The molecule has 90 valence electrons. The van der Waals surface area contributed by atoms with Crippen LogP contribution in [0.15, 0.2) is 0 Å². The van der Waals surface area contributed by atoms with Crippen LogP contribution in [0.25, 0.3) is 0 Å². The molecule has 1 atom stereocenters. The van der Waals surface area contributed by atoms with E-state index in [-0.39, 0.29) is 0 Å². The van der Waals surface area contributed by atoms with Gasteiger partial charge in [0, 0.05) is 6.54 Å². The molecule has 0 radical (unpaired) electrons. The van der Waals surface area contributed by atoms with Crippen molar-refractivity contribution in [2.75, 3.05) is 45.9 Å². The predicted molar refractivity (Wildman–Crippen MR) is 64.3 cm³/mol. The zero-order valence-electron chi connectivity index (χ0n) is 10.5. The van der Waals surface area contributed by atoms with Gasteiger partial charge in [0.25, 0.3) is 0 Å². The summed E-state index contributed by atoms with van der Waals surface area (Å²) in [5.41, 5.74) is 0. The molecule has 0 saturated carbocycles. The van der Waals surface area contributed by atoms with Crippen molar-refractivity contribution in [1.82, 2.24) is 9.80 Å². The van der Waals surface area contributed by atoms with Gasteiger partial charge < -0.3 is 14.5 Å². The molecule has 0 amide bonds. The van der Waals surface area contributed by atoms with E-state index < -0.39 is 0 Å². The minimum Gasteiger partial charge on any atom is -0.372 e. The Kier molecular flexibility index (Phi) is 6.22. The molecule has 0 aromatic rings. The molecule has 0 N–H and O–H groups in total. The monoisotopic (exact) mass is 214 g/mol. The van der Waals surface area contributed by atoms with Gasteiger partial charge in [-0.2, -0.15) is 0 Å². The van der Waals surface area contributed by atoms with Crippen molar-refractivity contribution in [2.24, 2.45) is 0 Å². The molecule has 0 bridgehead atoms. The largest absolute Gasteiger partial charge is 0.372 e. The van der Waals surface area contributed by atoms with Gasteiger partial charge in [-0.05, 0) is 39.1 Å². The molecule has 1 rings (SSSR count). The Labute approximate surface area is 94.4 Å². The van der Waals surface area contributed by atoms with E-state index >= 15 is 0 Å². The maximum Gasteiger partial charge on any atom is 0.0936 e. The van der Waals surface area contributed by atoms with Gasteiger partial charge in [-0.25, -0.2) is 0 Å². The number of epoxide rings is 1. The fourth-order valence-electron chi connectivity index (χ4n) is 1.90. The summed E-state index contributed by atoms with van der Waals surface area (Å²) in [7, 11) is 0. The number of hydrogen-bond acceptors (Lipinski definition) is 3. The summed E-state index contributed by atoms with van der Waals surface area (Å²) in [5, 5.41) is 0. The molecule has 0 spiro atoms. The fourth-order valence-corrected chi connectivity index (χ4v) is 1.90. The van der Waals surface area contributed by atoms with Gasteiger partial charge >= 0.3 is 0 Å². The lowest BCUT2D eigenvalue weighted by atomic mass is 10.3. The van der Waals surface area contributed by atoms with E-state index in [2.05, 4.69) is 30.6 Å². The zero-order chi connectivity index (χ0) is 11.1. The topological polar surface area (TPSA) is 19.0 Å². The molecular formula is C12H26N2O. The minimum absolute atomic E-state index is 0.540. The van der Waals surface area contributed by atoms with Gasteiger partial charge in [0.15, 0.2) is 0 Å². The van der Waals surface area contributed by atoms with Crippen molar-refractivity contribution in [1.29, 1.82) is 0 Å². The molecule has 15 heavy (non-hydrogen) atoms. The first-order valence-electron chi connectivity index (χ1n) is 6.36. The van der Waals surface area contributed by atoms with Crippen molar-refractivity contribution in [2.45, 2.75) is 33.3 Å². The van der Waals surface area contributed by atoms with Gasteiger partial charge in [0.05, 0.1) is 12.7 Å². The summed E-state index contributed by atoms with van der Waals surface area (Å²) in [6, 6.07) is 0. The zero-order valence-corrected chi connectivity index (χ0v) is 10.5. The van der Waals surface area contributed by atoms with Crippen LogP contribution in [0.3, 0.4) is 0 Å². The maximum absolute atomic E-state index is 5.26. The third kappa shape index (κ3) is 5.50. The highest BCUT2D eigenvalue weighted by Gasteiger charge is 2.24. The van der Waals surface area contributed by atoms with Gasteiger partial charge in [-0.3, -0.25) is 0 Å². The number of ether oxygens (including phenoxy) is 1. The third-order valence-electron chi connectivity index (χ3n) is 3.15. The third-order valence-corrected chi connectivity index (χ3v) is 3.15. The molecular weight excluding hydrogens is 188 g/mol. The van der Waals surface area contributed by atoms with E-state index in [1.165, 1.54) is 32.6 Å². The van der Waals surface area contributed by atoms with Crippen LogP contribution in [0.1, 0.15) is 27.2 Å². The van der Waals surface area contributed by atoms with E-state index in [1.54, 1.807) is 0 Å². The summed E-state index contributed by atoms with van der Waals surface area (Å²) in [6.07, 6.45) is 1.82. The minimum atomic E-state index is 0.540. The lowest BCUT2D eigenvalue weighted by Gasteiger charge is -2.22. The van der Waals surface area contributed by atoms with Crippen LogP contribution >= 0.6 is 0 Å². The smallest absolute Gasteiger partial charge is 0.0936 e. The molecule has 1 aliphatic rings. The second kappa shape index (κ2) is 7.20. The molecule has 1 fully saturated rings. The highest BCUT2D eigenvalue weighted by molar-refractivity contribution is 4.74. The van der Waals surface area contributed by atoms with Crippen LogP contribution in [-0.4, -0.2) is 61.8 Å². The first-order chi connectivity index (χ1) is 7.30. The summed E-state index contributed by atoms with van der Waals surface area (Å²) >= 11 is 0. The van der Waals surface area contributed by atoms with Crippen LogP contribution < -0.4 is 0 Å². The molecule has 1 aliphatic heterocycles. The van der Waals surface area contributed by atoms with Crippen molar-refractivity contribution in [3.8, 4) is 0 Å². The number of nitrogens with zero attached hydrogens (tertiary/aromatic N) is 2. The summed E-state index contributed by atoms with van der Waals surface area (Å²) in [6.45, 7) is 14.8. The van der Waals surface area contributed by atoms with E-state index in [0.717, 1.165) is 19.7 Å². The molecule has 0 aliphatic carbocycles. The second-order valence-corrected chi connectivity index (χ2v) is 4.23. The predicted octanol–water partition coefficient (Wildman–Crippen LogP) is 1.44. The number of hydrogen-bond donors (Lipinski definition) is 0. The van der Waals surface area contributed by atoms with E-state index in [9.17, 15) is 0 Å². The highest BCUT2D eigenvalue weighted by atomic mass is 16.6. The molecule has 1 unspecified atom stereocenters. The van der Waals surface area contributed by atoms with Gasteiger partial charge in [0.2, 0.25) is 0 Å². The van der Waals surface area contributed by atoms with Gasteiger partial charge in [-0.1, -0.05) is 20.8 Å². The summed E-state index contributed by atoms with van der Waals surface area (Å²) in [5.74, 6) is 0. The lowest BCUT2D eigenvalue weighted by Crippen LogP contribution is -2.32. The summed E-state index contributed by atoms with van der Waals surface area (Å²) in [4.78, 5) is 4.99. The first-order valence-corrected chi connectivity index (χ1v) is 6.36. The summed E-state index contributed by atoms with van der Waals surface area (Å²) < 4.78 is 5.26. The average Bonchev–Trinajstić information content (AvgIpc) is 3.06. The van der Waals surface area contributed by atoms with Crippen molar-refractivity contribution in [3.05, 3.63) is 0 Å². The van der Waals surface area contributed by atoms with E-state index in [0.29, 0.717) is 6.10 Å². The molecule has 1 heterocycles. The lowest BCUT2D eigenvalue weighted by molar-refractivity contribution is 0.226. The molecule has 1 saturated heterocycles. The molecule has 3 heteroatoms. The van der Waals surface area contributed by atoms with Gasteiger partial charge in [0.1, 0.15) is 0 Å². The van der Waals surface area contributed by atoms with Crippen molar-refractivity contribution < 1.29 is 4.74 Å². The molecule has 0 aromatic heterocycles. The fraction of sp³-hybridized carbons (Fsp3) is 1.00. The SMILES string of the molecule is CCN(CC)CCCN(CC)CC1CO1. The number of likely N-dealkylation sites (N-methyl/N-ethyl adjacent to an activating group) is 1. The van der Waals surface area contributed by atoms with E-state index in [1.807, 2.05) is 0 Å².